The predicted molar refractivity (Wildman–Crippen MR) is 81.5 cm³/mol. The number of aromatic nitrogens is 3. The zero-order valence-electron chi connectivity index (χ0n) is 11.8. The molecule has 1 atom stereocenters. The third-order valence-electron chi connectivity index (χ3n) is 4.00. The minimum absolute atomic E-state index is 0.560. The van der Waals surface area contributed by atoms with Crippen molar-refractivity contribution in [3.8, 4) is 5.69 Å². The normalized spacial score (nSPS) is 18.4. The first kappa shape index (κ1) is 12.5. The largest absolute Gasteiger partial charge is 0.381 e. The van der Waals surface area contributed by atoms with Gasteiger partial charge in [0.15, 0.2) is 5.65 Å². The predicted octanol–water partition coefficient (Wildman–Crippen LogP) is 3.00. The molecule has 1 saturated heterocycles. The zero-order valence-corrected chi connectivity index (χ0v) is 11.8. The summed E-state index contributed by atoms with van der Waals surface area (Å²) in [5.74, 6) is 1.63. The number of hydrogen-bond donors (Lipinski definition) is 0. The number of benzene rings is 1. The van der Waals surface area contributed by atoms with E-state index in [0.717, 1.165) is 48.7 Å². The molecule has 21 heavy (non-hydrogen) atoms. The van der Waals surface area contributed by atoms with E-state index in [1.807, 2.05) is 36.5 Å². The van der Waals surface area contributed by atoms with Crippen LogP contribution in [0.25, 0.3) is 16.9 Å². The van der Waals surface area contributed by atoms with Crippen LogP contribution in [-0.4, -0.2) is 27.7 Å². The van der Waals surface area contributed by atoms with Crippen molar-refractivity contribution < 1.29 is 4.74 Å². The number of rotatable bonds is 3. The van der Waals surface area contributed by atoms with E-state index in [9.17, 15) is 0 Å². The van der Waals surface area contributed by atoms with Crippen molar-refractivity contribution in [1.29, 1.82) is 0 Å². The quantitative estimate of drug-likeness (QED) is 0.740. The lowest BCUT2D eigenvalue weighted by Gasteiger charge is -2.11. The van der Waals surface area contributed by atoms with E-state index in [2.05, 4.69) is 21.7 Å². The highest BCUT2D eigenvalue weighted by Crippen LogP contribution is 2.24. The first-order valence-corrected chi connectivity index (χ1v) is 7.37. The molecule has 1 aliphatic rings. The van der Waals surface area contributed by atoms with Gasteiger partial charge in [-0.25, -0.2) is 9.97 Å². The molecular formula is C17H17N3O. The number of hydrogen-bond acceptors (Lipinski definition) is 3. The molecule has 4 heteroatoms. The van der Waals surface area contributed by atoms with Crippen LogP contribution < -0.4 is 0 Å². The zero-order chi connectivity index (χ0) is 14.1. The smallest absolute Gasteiger partial charge is 0.164 e. The lowest BCUT2D eigenvalue weighted by atomic mass is 10.0. The van der Waals surface area contributed by atoms with Crippen LogP contribution in [0.5, 0.6) is 0 Å². The molecule has 1 aliphatic heterocycles. The van der Waals surface area contributed by atoms with Crippen molar-refractivity contribution in [2.24, 2.45) is 5.92 Å². The highest BCUT2D eigenvalue weighted by Gasteiger charge is 2.21. The summed E-state index contributed by atoms with van der Waals surface area (Å²) in [5, 5.41) is 0. The monoisotopic (exact) mass is 279 g/mol. The Bertz CT molecular complexity index is 745. The summed E-state index contributed by atoms with van der Waals surface area (Å²) in [7, 11) is 0. The fourth-order valence-corrected chi connectivity index (χ4v) is 2.95. The van der Waals surface area contributed by atoms with Crippen LogP contribution in [0.2, 0.25) is 0 Å². The highest BCUT2D eigenvalue weighted by molar-refractivity contribution is 5.73. The molecular weight excluding hydrogens is 262 g/mol. The Morgan fingerprint density at radius 1 is 1.14 bits per heavy atom. The second-order valence-corrected chi connectivity index (χ2v) is 5.48. The number of fused-ring (bicyclic) bond motifs is 1. The number of imidazole rings is 1. The van der Waals surface area contributed by atoms with Gasteiger partial charge in [-0.2, -0.15) is 0 Å². The molecule has 0 aliphatic carbocycles. The van der Waals surface area contributed by atoms with Crippen LogP contribution in [0, 0.1) is 5.92 Å². The third-order valence-corrected chi connectivity index (χ3v) is 4.00. The van der Waals surface area contributed by atoms with E-state index in [1.54, 1.807) is 0 Å². The Labute approximate surface area is 123 Å². The van der Waals surface area contributed by atoms with E-state index < -0.39 is 0 Å². The van der Waals surface area contributed by atoms with Crippen molar-refractivity contribution in [2.75, 3.05) is 13.2 Å². The Balaban J connectivity index is 1.84. The van der Waals surface area contributed by atoms with Gasteiger partial charge in [-0.1, -0.05) is 18.2 Å². The van der Waals surface area contributed by atoms with Gasteiger partial charge in [0.05, 0.1) is 0 Å². The number of nitrogens with zero attached hydrogens (tertiary/aromatic N) is 3. The Morgan fingerprint density at radius 2 is 2.05 bits per heavy atom. The van der Waals surface area contributed by atoms with Gasteiger partial charge in [0.1, 0.15) is 11.3 Å². The molecule has 3 heterocycles. The first-order valence-electron chi connectivity index (χ1n) is 7.37. The molecule has 4 rings (SSSR count). The molecule has 0 bridgehead atoms. The summed E-state index contributed by atoms with van der Waals surface area (Å²) in [6, 6.07) is 14.3. The maximum Gasteiger partial charge on any atom is 0.164 e. The lowest BCUT2D eigenvalue weighted by Crippen LogP contribution is -2.09. The SMILES string of the molecule is c1ccc(-n2c(CC3CCOC3)nc3cccnc32)cc1. The summed E-state index contributed by atoms with van der Waals surface area (Å²) in [5.41, 5.74) is 3.00. The fourth-order valence-electron chi connectivity index (χ4n) is 2.95. The molecule has 106 valence electrons. The van der Waals surface area contributed by atoms with Crippen molar-refractivity contribution >= 4 is 11.2 Å². The van der Waals surface area contributed by atoms with E-state index in [-0.39, 0.29) is 0 Å². The van der Waals surface area contributed by atoms with Gasteiger partial charge in [0.25, 0.3) is 0 Å². The molecule has 1 aromatic carbocycles. The van der Waals surface area contributed by atoms with Crippen molar-refractivity contribution in [3.63, 3.8) is 0 Å². The molecule has 0 spiro atoms. The maximum atomic E-state index is 5.50. The second kappa shape index (κ2) is 5.30. The molecule has 2 aromatic heterocycles. The van der Waals surface area contributed by atoms with Crippen molar-refractivity contribution in [1.82, 2.24) is 14.5 Å². The Morgan fingerprint density at radius 3 is 2.86 bits per heavy atom. The minimum atomic E-state index is 0.560. The average Bonchev–Trinajstić information content (AvgIpc) is 3.15. The van der Waals surface area contributed by atoms with Gasteiger partial charge >= 0.3 is 0 Å². The van der Waals surface area contributed by atoms with E-state index in [4.69, 9.17) is 9.72 Å². The number of ether oxygens (including phenoxy) is 1. The van der Waals surface area contributed by atoms with Gasteiger partial charge in [-0.3, -0.25) is 4.57 Å². The number of pyridine rings is 1. The van der Waals surface area contributed by atoms with E-state index in [1.165, 1.54) is 0 Å². The lowest BCUT2D eigenvalue weighted by molar-refractivity contribution is 0.185. The highest BCUT2D eigenvalue weighted by atomic mass is 16.5. The first-order chi connectivity index (χ1) is 10.4. The molecule has 4 nitrogen and oxygen atoms in total. The summed E-state index contributed by atoms with van der Waals surface area (Å²) in [4.78, 5) is 9.32. The summed E-state index contributed by atoms with van der Waals surface area (Å²) < 4.78 is 7.67. The van der Waals surface area contributed by atoms with Crippen LogP contribution in [0.1, 0.15) is 12.2 Å². The summed E-state index contributed by atoms with van der Waals surface area (Å²) in [6.07, 6.45) is 3.88. The van der Waals surface area contributed by atoms with E-state index >= 15 is 0 Å². The molecule has 0 radical (unpaired) electrons. The van der Waals surface area contributed by atoms with Gasteiger partial charge in [0, 0.05) is 31.5 Å². The maximum absolute atomic E-state index is 5.50. The summed E-state index contributed by atoms with van der Waals surface area (Å²) in [6.45, 7) is 1.71. The third kappa shape index (κ3) is 2.32. The standard InChI is InChI=1S/C17H17N3O/c1-2-5-14(6-3-1)20-16(11-13-8-10-21-12-13)19-15-7-4-9-18-17(15)20/h1-7,9,13H,8,10-12H2. The van der Waals surface area contributed by atoms with Crippen LogP contribution in [0.4, 0.5) is 0 Å². The minimum Gasteiger partial charge on any atom is -0.381 e. The number of para-hydroxylation sites is 1. The van der Waals surface area contributed by atoms with Gasteiger partial charge in [-0.15, -0.1) is 0 Å². The second-order valence-electron chi connectivity index (χ2n) is 5.48. The Kier molecular flexibility index (Phi) is 3.16. The van der Waals surface area contributed by atoms with Crippen LogP contribution >= 0.6 is 0 Å². The van der Waals surface area contributed by atoms with Crippen molar-refractivity contribution in [2.45, 2.75) is 12.8 Å². The molecule has 0 amide bonds. The van der Waals surface area contributed by atoms with Crippen molar-refractivity contribution in [3.05, 3.63) is 54.5 Å². The Hall–Kier alpha value is -2.20. The van der Waals surface area contributed by atoms with E-state index in [0.29, 0.717) is 5.92 Å². The molecule has 1 fully saturated rings. The summed E-state index contributed by atoms with van der Waals surface area (Å²) >= 11 is 0. The molecule has 3 aromatic rings. The van der Waals surface area contributed by atoms with Gasteiger partial charge in [0.2, 0.25) is 0 Å². The average molecular weight is 279 g/mol. The van der Waals surface area contributed by atoms with Crippen LogP contribution in [-0.2, 0) is 11.2 Å². The topological polar surface area (TPSA) is 39.9 Å². The molecule has 0 N–H and O–H groups in total. The van der Waals surface area contributed by atoms with Gasteiger partial charge < -0.3 is 4.74 Å². The van der Waals surface area contributed by atoms with Crippen LogP contribution in [0.3, 0.4) is 0 Å². The van der Waals surface area contributed by atoms with Crippen LogP contribution in [0.15, 0.2) is 48.7 Å². The fraction of sp³-hybridized carbons (Fsp3) is 0.294. The molecule has 0 saturated carbocycles. The van der Waals surface area contributed by atoms with Gasteiger partial charge in [-0.05, 0) is 36.6 Å². The molecule has 1 unspecified atom stereocenters.